The number of hydrogen-bond donors (Lipinski definition) is 2. The Morgan fingerprint density at radius 1 is 1.28 bits per heavy atom. The predicted molar refractivity (Wildman–Crippen MR) is 94.6 cm³/mol. The Morgan fingerprint density at radius 3 is 2.72 bits per heavy atom. The number of aromatic nitrogens is 1. The van der Waals surface area contributed by atoms with Gasteiger partial charge in [-0.05, 0) is 45.2 Å². The highest BCUT2D eigenvalue weighted by atomic mass is 16.5. The minimum atomic E-state index is -0.462. The van der Waals surface area contributed by atoms with E-state index in [-0.39, 0.29) is 24.0 Å². The third kappa shape index (κ3) is 4.48. The normalized spacial score (nSPS) is 27.4. The summed E-state index contributed by atoms with van der Waals surface area (Å²) >= 11 is 0. The first kappa shape index (κ1) is 17.7. The van der Waals surface area contributed by atoms with Crippen molar-refractivity contribution in [1.29, 1.82) is 0 Å². The fourth-order valence-electron chi connectivity index (χ4n) is 3.39. The second kappa shape index (κ2) is 7.82. The van der Waals surface area contributed by atoms with Crippen molar-refractivity contribution < 1.29 is 14.3 Å². The van der Waals surface area contributed by atoms with E-state index < -0.39 is 6.04 Å². The summed E-state index contributed by atoms with van der Waals surface area (Å²) in [5.41, 5.74) is 0.468. The van der Waals surface area contributed by atoms with Gasteiger partial charge in [-0.3, -0.25) is 9.59 Å². The average Bonchev–Trinajstić information content (AvgIpc) is 2.79. The standard InChI is InChI=1S/C18H26N4O3/c1-12-10-22(11-13(2)25-12)16-7-6-14(9-20-16)17(23)21-15-5-3-4-8-19-18(15)24/h6-7,9,12-13,15H,3-5,8,10-11H2,1-2H3,(H,19,24)(H,21,23)/t12-,13+,15-/m0/s1. The molecule has 7 heteroatoms. The van der Waals surface area contributed by atoms with Crippen molar-refractivity contribution in [2.45, 2.75) is 51.4 Å². The number of pyridine rings is 1. The van der Waals surface area contributed by atoms with Gasteiger partial charge in [-0.25, -0.2) is 4.98 Å². The van der Waals surface area contributed by atoms with Crippen molar-refractivity contribution in [3.05, 3.63) is 23.9 Å². The van der Waals surface area contributed by atoms with Crippen LogP contribution in [0.4, 0.5) is 5.82 Å². The maximum atomic E-state index is 12.4. The molecule has 3 heterocycles. The number of nitrogens with zero attached hydrogens (tertiary/aromatic N) is 2. The average molecular weight is 346 g/mol. The van der Waals surface area contributed by atoms with E-state index in [1.54, 1.807) is 12.3 Å². The van der Waals surface area contributed by atoms with Gasteiger partial charge in [0.25, 0.3) is 5.91 Å². The summed E-state index contributed by atoms with van der Waals surface area (Å²) in [7, 11) is 0. The fraction of sp³-hybridized carbons (Fsp3) is 0.611. The number of carbonyl (C=O) groups is 2. The van der Waals surface area contributed by atoms with Crippen LogP contribution in [0.1, 0.15) is 43.5 Å². The molecule has 3 atom stereocenters. The molecular weight excluding hydrogens is 320 g/mol. The van der Waals surface area contributed by atoms with E-state index in [2.05, 4.69) is 20.5 Å². The summed E-state index contributed by atoms with van der Waals surface area (Å²) in [4.78, 5) is 30.9. The number of anilines is 1. The lowest BCUT2D eigenvalue weighted by Gasteiger charge is -2.36. The molecule has 2 aliphatic rings. The van der Waals surface area contributed by atoms with Crippen LogP contribution >= 0.6 is 0 Å². The Hall–Kier alpha value is -2.15. The van der Waals surface area contributed by atoms with Gasteiger partial charge in [0.05, 0.1) is 17.8 Å². The molecule has 0 unspecified atom stereocenters. The zero-order valence-electron chi connectivity index (χ0n) is 14.8. The molecule has 0 bridgehead atoms. The molecule has 2 N–H and O–H groups in total. The van der Waals surface area contributed by atoms with Crippen LogP contribution in [-0.4, -0.2) is 54.7 Å². The van der Waals surface area contributed by atoms with E-state index in [0.717, 1.165) is 31.7 Å². The highest BCUT2D eigenvalue weighted by Gasteiger charge is 2.25. The maximum absolute atomic E-state index is 12.4. The van der Waals surface area contributed by atoms with E-state index in [0.29, 0.717) is 18.5 Å². The molecule has 7 nitrogen and oxygen atoms in total. The number of morpholine rings is 1. The second-order valence-electron chi connectivity index (χ2n) is 6.88. The van der Waals surface area contributed by atoms with Gasteiger partial charge < -0.3 is 20.3 Å². The monoisotopic (exact) mass is 346 g/mol. The SMILES string of the molecule is C[C@@H]1CN(c2ccc(C(=O)N[C@H]3CCCCNC3=O)cn2)C[C@H](C)O1. The molecule has 1 aromatic rings. The molecule has 0 radical (unpaired) electrons. The summed E-state index contributed by atoms with van der Waals surface area (Å²) < 4.78 is 5.73. The summed E-state index contributed by atoms with van der Waals surface area (Å²) in [5, 5.41) is 5.64. The van der Waals surface area contributed by atoms with E-state index in [1.165, 1.54) is 0 Å². The van der Waals surface area contributed by atoms with Crippen LogP contribution in [-0.2, 0) is 9.53 Å². The fourth-order valence-corrected chi connectivity index (χ4v) is 3.39. The third-order valence-corrected chi connectivity index (χ3v) is 4.59. The first-order valence-electron chi connectivity index (χ1n) is 8.98. The first-order chi connectivity index (χ1) is 12.0. The van der Waals surface area contributed by atoms with Crippen LogP contribution in [0.5, 0.6) is 0 Å². The largest absolute Gasteiger partial charge is 0.372 e. The number of nitrogens with one attached hydrogen (secondary N) is 2. The minimum absolute atomic E-state index is 0.105. The van der Waals surface area contributed by atoms with Gasteiger partial charge in [-0.2, -0.15) is 0 Å². The number of carbonyl (C=O) groups excluding carboxylic acids is 2. The highest BCUT2D eigenvalue weighted by Crippen LogP contribution is 2.18. The number of hydrogen-bond acceptors (Lipinski definition) is 5. The van der Waals surface area contributed by atoms with Crippen molar-refractivity contribution in [2.24, 2.45) is 0 Å². The molecule has 136 valence electrons. The zero-order chi connectivity index (χ0) is 17.8. The van der Waals surface area contributed by atoms with Crippen LogP contribution in [0, 0.1) is 0 Å². The summed E-state index contributed by atoms with van der Waals surface area (Å²) in [5.74, 6) is 0.474. The molecular formula is C18H26N4O3. The van der Waals surface area contributed by atoms with Gasteiger partial charge >= 0.3 is 0 Å². The van der Waals surface area contributed by atoms with Gasteiger partial charge in [0.2, 0.25) is 5.91 Å². The number of amides is 2. The molecule has 2 fully saturated rings. The molecule has 1 aromatic heterocycles. The number of ether oxygens (including phenoxy) is 1. The molecule has 0 aliphatic carbocycles. The van der Waals surface area contributed by atoms with Gasteiger partial charge in [0.15, 0.2) is 0 Å². The molecule has 2 amide bonds. The van der Waals surface area contributed by atoms with E-state index in [9.17, 15) is 9.59 Å². The molecule has 0 saturated carbocycles. The van der Waals surface area contributed by atoms with Gasteiger partial charge in [-0.15, -0.1) is 0 Å². The van der Waals surface area contributed by atoms with E-state index in [4.69, 9.17) is 4.74 Å². The number of rotatable bonds is 3. The van der Waals surface area contributed by atoms with E-state index in [1.807, 2.05) is 19.9 Å². The molecule has 2 aliphatic heterocycles. The van der Waals surface area contributed by atoms with Crippen LogP contribution in [0.15, 0.2) is 18.3 Å². The topological polar surface area (TPSA) is 83.6 Å². The molecule has 3 rings (SSSR count). The van der Waals surface area contributed by atoms with Crippen LogP contribution < -0.4 is 15.5 Å². The second-order valence-corrected chi connectivity index (χ2v) is 6.88. The molecule has 0 spiro atoms. The van der Waals surface area contributed by atoms with Crippen molar-refractivity contribution in [1.82, 2.24) is 15.6 Å². The Bertz CT molecular complexity index is 609. The Kier molecular flexibility index (Phi) is 5.53. The Morgan fingerprint density at radius 2 is 2.04 bits per heavy atom. The van der Waals surface area contributed by atoms with Crippen LogP contribution in [0.2, 0.25) is 0 Å². The minimum Gasteiger partial charge on any atom is -0.372 e. The van der Waals surface area contributed by atoms with Crippen molar-refractivity contribution in [3.63, 3.8) is 0 Å². The molecule has 2 saturated heterocycles. The summed E-state index contributed by atoms with van der Waals surface area (Å²) in [6, 6.07) is 3.15. The third-order valence-electron chi connectivity index (χ3n) is 4.59. The smallest absolute Gasteiger partial charge is 0.253 e. The van der Waals surface area contributed by atoms with Crippen molar-refractivity contribution >= 4 is 17.6 Å². The van der Waals surface area contributed by atoms with Gasteiger partial charge in [0, 0.05) is 25.8 Å². The maximum Gasteiger partial charge on any atom is 0.253 e. The summed E-state index contributed by atoms with van der Waals surface area (Å²) in [6.45, 7) is 6.33. The Labute approximate surface area is 148 Å². The van der Waals surface area contributed by atoms with Gasteiger partial charge in [-0.1, -0.05) is 0 Å². The Balaban J connectivity index is 1.63. The molecule has 0 aromatic carbocycles. The lowest BCUT2D eigenvalue weighted by molar-refractivity contribution is -0.122. The lowest BCUT2D eigenvalue weighted by atomic mass is 10.1. The van der Waals surface area contributed by atoms with Gasteiger partial charge in [0.1, 0.15) is 11.9 Å². The summed E-state index contributed by atoms with van der Waals surface area (Å²) in [6.07, 6.45) is 4.43. The van der Waals surface area contributed by atoms with E-state index >= 15 is 0 Å². The lowest BCUT2D eigenvalue weighted by Crippen LogP contribution is -2.46. The van der Waals surface area contributed by atoms with Crippen LogP contribution in [0.3, 0.4) is 0 Å². The highest BCUT2D eigenvalue weighted by molar-refractivity contribution is 5.97. The zero-order valence-corrected chi connectivity index (χ0v) is 14.8. The molecule has 25 heavy (non-hydrogen) atoms. The van der Waals surface area contributed by atoms with Crippen molar-refractivity contribution in [3.8, 4) is 0 Å². The van der Waals surface area contributed by atoms with Crippen molar-refractivity contribution in [2.75, 3.05) is 24.5 Å². The van der Waals surface area contributed by atoms with Crippen LogP contribution in [0.25, 0.3) is 0 Å². The predicted octanol–water partition coefficient (Wildman–Crippen LogP) is 1.09. The first-order valence-corrected chi connectivity index (χ1v) is 8.98. The quantitative estimate of drug-likeness (QED) is 0.856.